The van der Waals surface area contributed by atoms with Crippen molar-refractivity contribution in [3.8, 4) is 136 Å². The molecule has 0 aliphatic heterocycles. The van der Waals surface area contributed by atoms with Crippen molar-refractivity contribution in [3.05, 3.63) is 302 Å². The molecule has 0 bridgehead atoms. The van der Waals surface area contributed by atoms with Gasteiger partial charge in [0, 0.05) is 44.5 Å². The molecule has 11 aromatic carbocycles. The lowest BCUT2D eigenvalue weighted by atomic mass is 9.95. The van der Waals surface area contributed by atoms with Crippen LogP contribution in [-0.4, -0.2) is 29.9 Å². The quantitative estimate of drug-likeness (QED) is 0.125. The van der Waals surface area contributed by atoms with Gasteiger partial charge < -0.3 is 0 Å². The number of para-hydroxylation sites is 2. The van der Waals surface area contributed by atoms with Crippen LogP contribution in [0.4, 0.5) is 0 Å². The molecule has 0 fully saturated rings. The van der Waals surface area contributed by atoms with Gasteiger partial charge in [-0.2, -0.15) is 10.5 Å². The number of benzene rings is 11. The highest BCUT2D eigenvalue weighted by Gasteiger charge is 2.19. The number of pyridine rings is 2. The third-order valence-corrected chi connectivity index (χ3v) is 16.1. The summed E-state index contributed by atoms with van der Waals surface area (Å²) in [5.41, 5.74) is 24.9. The fourth-order valence-electron chi connectivity index (χ4n) is 11.5. The van der Waals surface area contributed by atoms with Crippen LogP contribution in [0.2, 0.25) is 0 Å². The van der Waals surface area contributed by atoms with Gasteiger partial charge in [-0.15, -0.1) is 0 Å². The van der Waals surface area contributed by atoms with E-state index in [-0.39, 0.29) is 0 Å². The maximum Gasteiger partial charge on any atom is 0.0991 e. The molecule has 0 atom stereocenters. The zero-order valence-corrected chi connectivity index (χ0v) is 47.3. The smallest absolute Gasteiger partial charge is 0.0991 e. The molecule has 0 spiro atoms. The Morgan fingerprint density at radius 3 is 0.943 bits per heavy atom. The first-order valence-electron chi connectivity index (χ1n) is 29.0. The highest BCUT2D eigenvalue weighted by atomic mass is 14.8. The van der Waals surface area contributed by atoms with Crippen molar-refractivity contribution in [1.29, 1.82) is 10.5 Å². The molecule has 4 aromatic heterocycles. The zero-order valence-electron chi connectivity index (χ0n) is 47.3. The topological polar surface area (TPSA) is 125 Å². The van der Waals surface area contributed by atoms with E-state index in [0.29, 0.717) is 11.1 Å². The normalized spacial score (nSPS) is 11.2. The van der Waals surface area contributed by atoms with Crippen LogP contribution in [-0.2, 0) is 0 Å². The van der Waals surface area contributed by atoms with Gasteiger partial charge in [0.2, 0.25) is 0 Å². The van der Waals surface area contributed by atoms with E-state index < -0.39 is 0 Å². The Kier molecular flexibility index (Phi) is 13.5. The molecule has 0 N–H and O–H groups in total. The monoisotopic (exact) mass is 1120 g/mol. The summed E-state index contributed by atoms with van der Waals surface area (Å²) in [5, 5.41) is 21.4. The fourth-order valence-corrected chi connectivity index (χ4v) is 11.5. The van der Waals surface area contributed by atoms with Crippen molar-refractivity contribution in [2.24, 2.45) is 0 Å². The number of hydrogen-bond acceptors (Lipinski definition) is 8. The average Bonchev–Trinajstić information content (AvgIpc) is 2.33. The van der Waals surface area contributed by atoms with Gasteiger partial charge in [0.25, 0.3) is 0 Å². The van der Waals surface area contributed by atoms with Crippen LogP contribution in [0, 0.1) is 22.7 Å². The molecule has 15 aromatic rings. The van der Waals surface area contributed by atoms with E-state index in [1.54, 1.807) is 0 Å². The summed E-state index contributed by atoms with van der Waals surface area (Å²) in [4.78, 5) is 31.3. The largest absolute Gasteiger partial charge is 0.248 e. The lowest BCUT2D eigenvalue weighted by Gasteiger charge is -2.14. The molecule has 8 nitrogen and oxygen atoms in total. The Balaban J connectivity index is 0.751. The molecular weight excluding hydrogens is 1070 g/mol. The maximum atomic E-state index is 9.73. The molecule has 0 saturated heterocycles. The van der Waals surface area contributed by atoms with Gasteiger partial charge in [0.05, 0.1) is 90.9 Å². The van der Waals surface area contributed by atoms with Crippen LogP contribution in [0.3, 0.4) is 0 Å². The molecule has 15 rings (SSSR count). The molecule has 0 aliphatic rings. The third-order valence-electron chi connectivity index (χ3n) is 16.1. The Morgan fingerprint density at radius 2 is 0.489 bits per heavy atom. The summed E-state index contributed by atoms with van der Waals surface area (Å²) in [6.45, 7) is 0. The molecule has 0 saturated carbocycles. The van der Waals surface area contributed by atoms with Crippen LogP contribution in [0.1, 0.15) is 11.1 Å². The van der Waals surface area contributed by atoms with Crippen LogP contribution in [0.15, 0.2) is 291 Å². The fraction of sp³-hybridized carbons (Fsp3) is 0. The second-order valence-corrected chi connectivity index (χ2v) is 21.7. The first-order chi connectivity index (χ1) is 43.4. The minimum Gasteiger partial charge on any atom is -0.248 e. The van der Waals surface area contributed by atoms with Gasteiger partial charge in [0.15, 0.2) is 0 Å². The number of hydrogen-bond donors (Lipinski definition) is 0. The van der Waals surface area contributed by atoms with E-state index in [1.165, 1.54) is 0 Å². The summed E-state index contributed by atoms with van der Waals surface area (Å²) in [6, 6.07) is 103. The van der Waals surface area contributed by atoms with E-state index in [4.69, 9.17) is 29.9 Å². The van der Waals surface area contributed by atoms with Crippen LogP contribution in [0.5, 0.6) is 0 Å². The van der Waals surface area contributed by atoms with Crippen LogP contribution in [0.25, 0.3) is 156 Å². The van der Waals surface area contributed by atoms with E-state index in [2.05, 4.69) is 170 Å². The first-order valence-corrected chi connectivity index (χ1v) is 29.0. The number of nitriles is 2. The Hall–Kier alpha value is -12.4. The van der Waals surface area contributed by atoms with Gasteiger partial charge in [-0.3, -0.25) is 0 Å². The molecule has 0 aliphatic carbocycles. The summed E-state index contributed by atoms with van der Waals surface area (Å²) in [5.74, 6) is 0. The number of rotatable bonds is 11. The molecule has 408 valence electrons. The van der Waals surface area contributed by atoms with Crippen molar-refractivity contribution in [2.75, 3.05) is 0 Å². The second-order valence-electron chi connectivity index (χ2n) is 21.7. The van der Waals surface area contributed by atoms with Crippen LogP contribution >= 0.6 is 0 Å². The molecule has 8 heteroatoms. The lowest BCUT2D eigenvalue weighted by Crippen LogP contribution is -1.96. The van der Waals surface area contributed by atoms with Crippen LogP contribution < -0.4 is 0 Å². The Bertz CT molecular complexity index is 5170. The average molecular weight is 1120 g/mol. The second kappa shape index (κ2) is 22.7. The SMILES string of the molecule is N#Cc1ccc(-c2nc3ccccc3nc2-c2ccc3cc(-c4cc(-c5ccccc5)nc(-c5ccc(-c6ccc7nc(-c8ccc(-c9cc(-c%10ccccc%10)nc(-c%10ccccc%10)c9)cc8)c(-c8ccc(C#N)cc8)nc7c6)cc5)c4)ccc3c2)cc1. The minimum atomic E-state index is 0.573. The number of aromatic nitrogens is 6. The number of nitrogens with zero attached hydrogens (tertiary/aromatic N) is 8. The Labute approximate surface area is 508 Å². The van der Waals surface area contributed by atoms with Crippen molar-refractivity contribution in [1.82, 2.24) is 29.9 Å². The van der Waals surface area contributed by atoms with Gasteiger partial charge in [-0.25, -0.2) is 29.9 Å². The Morgan fingerprint density at radius 1 is 0.193 bits per heavy atom. The summed E-state index contributed by atoms with van der Waals surface area (Å²) >= 11 is 0. The molecule has 88 heavy (non-hydrogen) atoms. The van der Waals surface area contributed by atoms with Crippen molar-refractivity contribution >= 4 is 32.8 Å². The van der Waals surface area contributed by atoms with Gasteiger partial charge in [-0.05, 0) is 129 Å². The van der Waals surface area contributed by atoms with Crippen molar-refractivity contribution in [2.45, 2.75) is 0 Å². The predicted octanol–water partition coefficient (Wildman–Crippen LogP) is 19.6. The van der Waals surface area contributed by atoms with E-state index >= 15 is 0 Å². The van der Waals surface area contributed by atoms with E-state index in [1.807, 2.05) is 133 Å². The molecule has 4 heterocycles. The first kappa shape index (κ1) is 52.4. The van der Waals surface area contributed by atoms with Crippen molar-refractivity contribution in [3.63, 3.8) is 0 Å². The van der Waals surface area contributed by atoms with Gasteiger partial charge >= 0.3 is 0 Å². The van der Waals surface area contributed by atoms with E-state index in [0.717, 1.165) is 156 Å². The van der Waals surface area contributed by atoms with E-state index in [9.17, 15) is 10.5 Å². The third kappa shape index (κ3) is 10.4. The summed E-state index contributed by atoms with van der Waals surface area (Å²) in [6.07, 6.45) is 0. The lowest BCUT2D eigenvalue weighted by molar-refractivity contribution is 1.29. The number of fused-ring (bicyclic) bond motifs is 3. The van der Waals surface area contributed by atoms with Crippen molar-refractivity contribution < 1.29 is 0 Å². The molecule has 0 radical (unpaired) electrons. The standard InChI is InChI=1S/C80H48N8/c81-49-51-20-24-59(25-21-51)78-77(61-34-30-54(31-35-61)67-45-72(55-12-4-1-5-13-55)83-73(46-67)56-14-6-2-7-15-56)87-71-41-40-65(44-76(71)88-78)53-28-32-58(33-29-53)75-48-68(47-74(84-75)57-16-8-3-9-17-57)64-37-36-63-43-66(39-38-62(63)42-64)80-79(60-26-22-52(50-82)23-27-60)85-69-18-10-11-19-70(69)86-80/h1-48H. The molecule has 0 unspecified atom stereocenters. The van der Waals surface area contributed by atoms with Gasteiger partial charge in [-0.1, -0.05) is 206 Å². The minimum absolute atomic E-state index is 0.573. The summed E-state index contributed by atoms with van der Waals surface area (Å²) < 4.78 is 0. The van der Waals surface area contributed by atoms with Gasteiger partial charge in [0.1, 0.15) is 0 Å². The molecular formula is C80H48N8. The predicted molar refractivity (Wildman–Crippen MR) is 355 cm³/mol. The highest BCUT2D eigenvalue weighted by molar-refractivity contribution is 5.95. The highest BCUT2D eigenvalue weighted by Crippen LogP contribution is 2.39. The zero-order chi connectivity index (χ0) is 58.9. The molecule has 0 amide bonds. The maximum absolute atomic E-state index is 9.73. The summed E-state index contributed by atoms with van der Waals surface area (Å²) in [7, 11) is 0.